The Labute approximate surface area is 176 Å². The first kappa shape index (κ1) is 24.5. The van der Waals surface area contributed by atoms with Crippen LogP contribution in [0.5, 0.6) is 5.75 Å². The number of unbranched alkanes of at least 4 members (excludes halogenated alkanes) is 1. The quantitative estimate of drug-likeness (QED) is 0.251. The van der Waals surface area contributed by atoms with Crippen molar-refractivity contribution in [3.05, 3.63) is 69.8 Å². The zero-order valence-electron chi connectivity index (χ0n) is 19.1. The second-order valence-electron chi connectivity index (χ2n) is 7.26. The maximum atomic E-state index is 11.4. The van der Waals surface area contributed by atoms with Crippen molar-refractivity contribution >= 4 is 12.0 Å². The molecule has 1 rings (SSSR count). The molecule has 29 heavy (non-hydrogen) atoms. The molecule has 0 heterocycles. The second kappa shape index (κ2) is 12.8. The van der Waals surface area contributed by atoms with Gasteiger partial charge in [-0.25, -0.2) is 4.79 Å². The van der Waals surface area contributed by atoms with Gasteiger partial charge in [-0.1, -0.05) is 49.3 Å². The molecule has 0 aliphatic carbocycles. The number of esters is 1. The molecule has 3 heteroatoms. The molecule has 0 aliphatic rings. The fraction of sp³-hybridized carbons (Fsp3) is 0.423. The number of methoxy groups -OCH3 is 1. The number of allylic oxidation sites excluding steroid dienone is 6. The van der Waals surface area contributed by atoms with Gasteiger partial charge in [0.05, 0.1) is 13.7 Å². The van der Waals surface area contributed by atoms with Crippen LogP contribution in [0.15, 0.2) is 47.6 Å². The molecule has 158 valence electrons. The lowest BCUT2D eigenvalue weighted by Crippen LogP contribution is -2.00. The Bertz CT molecular complexity index is 808. The van der Waals surface area contributed by atoms with Crippen molar-refractivity contribution in [3.8, 4) is 5.75 Å². The lowest BCUT2D eigenvalue weighted by molar-refractivity contribution is -0.137. The Morgan fingerprint density at radius 2 is 1.83 bits per heavy atom. The summed E-state index contributed by atoms with van der Waals surface area (Å²) >= 11 is 0. The highest BCUT2D eigenvalue weighted by atomic mass is 16.5. The zero-order valence-corrected chi connectivity index (χ0v) is 19.1. The summed E-state index contributed by atoms with van der Waals surface area (Å²) in [6.45, 7) is 12.7. The first-order valence-electron chi connectivity index (χ1n) is 10.4. The molecule has 0 N–H and O–H groups in total. The first-order chi connectivity index (χ1) is 13.8. The Hall–Kier alpha value is -2.55. The average Bonchev–Trinajstić information content (AvgIpc) is 2.66. The molecule has 0 saturated heterocycles. The number of hydrogen-bond donors (Lipinski definition) is 0. The van der Waals surface area contributed by atoms with Gasteiger partial charge in [-0.3, -0.25) is 0 Å². The number of aryl methyl sites for hydroxylation is 1. The van der Waals surface area contributed by atoms with Gasteiger partial charge in [0.15, 0.2) is 0 Å². The summed E-state index contributed by atoms with van der Waals surface area (Å²) in [5, 5.41) is 0. The maximum Gasteiger partial charge on any atom is 0.330 e. The van der Waals surface area contributed by atoms with Gasteiger partial charge in [0.2, 0.25) is 0 Å². The van der Waals surface area contributed by atoms with Crippen molar-refractivity contribution in [1.29, 1.82) is 0 Å². The summed E-state index contributed by atoms with van der Waals surface area (Å²) in [7, 11) is 1.75. The van der Waals surface area contributed by atoms with Crippen LogP contribution < -0.4 is 4.74 Å². The van der Waals surface area contributed by atoms with Crippen molar-refractivity contribution < 1.29 is 14.3 Å². The van der Waals surface area contributed by atoms with Crippen molar-refractivity contribution in [3.63, 3.8) is 0 Å². The second-order valence-corrected chi connectivity index (χ2v) is 7.26. The van der Waals surface area contributed by atoms with Gasteiger partial charge in [0.25, 0.3) is 0 Å². The van der Waals surface area contributed by atoms with Crippen LogP contribution in [0.1, 0.15) is 62.8 Å². The third-order valence-electron chi connectivity index (χ3n) is 4.79. The van der Waals surface area contributed by atoms with E-state index >= 15 is 0 Å². The number of carbonyl (C=O) groups is 1. The molecule has 0 aromatic heterocycles. The van der Waals surface area contributed by atoms with E-state index in [4.69, 9.17) is 9.47 Å². The molecule has 0 unspecified atom stereocenters. The van der Waals surface area contributed by atoms with Gasteiger partial charge in [0, 0.05) is 6.08 Å². The van der Waals surface area contributed by atoms with E-state index in [-0.39, 0.29) is 5.97 Å². The zero-order chi connectivity index (χ0) is 21.8. The Morgan fingerprint density at radius 3 is 2.45 bits per heavy atom. The average molecular weight is 397 g/mol. The van der Waals surface area contributed by atoms with Crippen LogP contribution in [0.25, 0.3) is 6.08 Å². The number of hydrogen-bond acceptors (Lipinski definition) is 3. The standard InChI is InChI=1S/C26H36O3/c1-8-10-14-24-22(6)23(21(5)18-25(24)28-7)16-15-19(3)12-11-13-20(4)17-26(27)29-9-2/h11-13,15-18H,8-10,14H2,1-7H3/b13-11+,16-15+,19-12+,20-17+. The van der Waals surface area contributed by atoms with Crippen LogP contribution in [-0.2, 0) is 16.0 Å². The number of carbonyl (C=O) groups excluding carboxylic acids is 1. The van der Waals surface area contributed by atoms with E-state index in [1.807, 2.05) is 25.2 Å². The predicted octanol–water partition coefficient (Wildman–Crippen LogP) is 6.68. The summed E-state index contributed by atoms with van der Waals surface area (Å²) in [4.78, 5) is 11.4. The molecule has 0 radical (unpaired) electrons. The predicted molar refractivity (Wildman–Crippen MR) is 123 cm³/mol. The van der Waals surface area contributed by atoms with Crippen LogP contribution >= 0.6 is 0 Å². The lowest BCUT2D eigenvalue weighted by atomic mass is 9.93. The summed E-state index contributed by atoms with van der Waals surface area (Å²) in [6, 6.07) is 2.14. The van der Waals surface area contributed by atoms with Crippen LogP contribution in [0, 0.1) is 13.8 Å². The molecule has 0 fully saturated rings. The molecule has 3 nitrogen and oxygen atoms in total. The van der Waals surface area contributed by atoms with Gasteiger partial charge in [-0.15, -0.1) is 0 Å². The van der Waals surface area contributed by atoms with Crippen molar-refractivity contribution in [2.45, 2.75) is 60.8 Å². The van der Waals surface area contributed by atoms with Crippen molar-refractivity contribution in [2.75, 3.05) is 13.7 Å². The number of benzene rings is 1. The summed E-state index contributed by atoms with van der Waals surface area (Å²) in [5.41, 5.74) is 7.07. The van der Waals surface area contributed by atoms with E-state index in [1.54, 1.807) is 14.0 Å². The van der Waals surface area contributed by atoms with E-state index in [0.717, 1.165) is 29.7 Å². The van der Waals surface area contributed by atoms with E-state index in [2.05, 4.69) is 45.9 Å². The molecule has 0 aliphatic heterocycles. The largest absolute Gasteiger partial charge is 0.496 e. The Morgan fingerprint density at radius 1 is 1.10 bits per heavy atom. The fourth-order valence-electron chi connectivity index (χ4n) is 3.15. The van der Waals surface area contributed by atoms with Gasteiger partial charge in [-0.2, -0.15) is 0 Å². The SMILES string of the molecule is CCCCc1c(OC)cc(C)c(/C=C/C(C)=C/C=C/C(C)=C/C(=O)OCC)c1C. The van der Waals surface area contributed by atoms with Crippen LogP contribution in [0.2, 0.25) is 0 Å². The third-order valence-corrected chi connectivity index (χ3v) is 4.79. The molecular formula is C26H36O3. The summed E-state index contributed by atoms with van der Waals surface area (Å²) in [6.07, 6.45) is 15.1. The Balaban J connectivity index is 3.00. The van der Waals surface area contributed by atoms with E-state index in [0.29, 0.717) is 6.61 Å². The van der Waals surface area contributed by atoms with Gasteiger partial charge >= 0.3 is 5.97 Å². The minimum absolute atomic E-state index is 0.306. The Kier molecular flexibility index (Phi) is 10.8. The maximum absolute atomic E-state index is 11.4. The summed E-state index contributed by atoms with van der Waals surface area (Å²) in [5.74, 6) is 0.684. The summed E-state index contributed by atoms with van der Waals surface area (Å²) < 4.78 is 10.5. The topological polar surface area (TPSA) is 35.5 Å². The minimum atomic E-state index is -0.306. The fourth-order valence-corrected chi connectivity index (χ4v) is 3.15. The van der Waals surface area contributed by atoms with Crippen molar-refractivity contribution in [1.82, 2.24) is 0 Å². The third kappa shape index (κ3) is 8.15. The molecule has 1 aromatic carbocycles. The monoisotopic (exact) mass is 396 g/mol. The normalized spacial score (nSPS) is 12.8. The van der Waals surface area contributed by atoms with Gasteiger partial charge in [-0.05, 0) is 81.4 Å². The van der Waals surface area contributed by atoms with E-state index in [9.17, 15) is 4.79 Å². The number of ether oxygens (including phenoxy) is 2. The van der Waals surface area contributed by atoms with Crippen molar-refractivity contribution in [2.24, 2.45) is 0 Å². The van der Waals surface area contributed by atoms with E-state index in [1.165, 1.54) is 34.8 Å². The molecule has 1 aromatic rings. The molecule has 0 atom stereocenters. The smallest absolute Gasteiger partial charge is 0.330 e. The molecule has 0 amide bonds. The van der Waals surface area contributed by atoms with E-state index < -0.39 is 0 Å². The lowest BCUT2D eigenvalue weighted by Gasteiger charge is -2.16. The van der Waals surface area contributed by atoms with Crippen LogP contribution in [-0.4, -0.2) is 19.7 Å². The molecule has 0 bridgehead atoms. The molecule has 0 spiro atoms. The van der Waals surface area contributed by atoms with Crippen LogP contribution in [0.3, 0.4) is 0 Å². The molecule has 0 saturated carbocycles. The molecular weight excluding hydrogens is 360 g/mol. The van der Waals surface area contributed by atoms with Crippen LogP contribution in [0.4, 0.5) is 0 Å². The van der Waals surface area contributed by atoms with Gasteiger partial charge in [0.1, 0.15) is 5.75 Å². The highest BCUT2D eigenvalue weighted by molar-refractivity contribution is 5.83. The number of rotatable bonds is 10. The highest BCUT2D eigenvalue weighted by Gasteiger charge is 2.12. The highest BCUT2D eigenvalue weighted by Crippen LogP contribution is 2.30. The first-order valence-corrected chi connectivity index (χ1v) is 10.4. The minimum Gasteiger partial charge on any atom is -0.496 e. The van der Waals surface area contributed by atoms with Gasteiger partial charge < -0.3 is 9.47 Å².